The first-order chi connectivity index (χ1) is 13.6. The van der Waals surface area contributed by atoms with Crippen molar-refractivity contribution in [1.82, 2.24) is 4.72 Å². The molecule has 152 valence electrons. The number of hydrogen-bond donors (Lipinski definition) is 1. The molecule has 1 N–H and O–H groups in total. The first kappa shape index (κ1) is 21.5. The van der Waals surface area contributed by atoms with E-state index >= 15 is 0 Å². The maximum absolute atomic E-state index is 5.57. The van der Waals surface area contributed by atoms with Crippen molar-refractivity contribution in [3.63, 3.8) is 0 Å². The number of para-hydroxylation sites is 1. The second-order valence-corrected chi connectivity index (χ2v) is 9.27. The van der Waals surface area contributed by atoms with Crippen LogP contribution in [0.25, 0.3) is 0 Å². The summed E-state index contributed by atoms with van der Waals surface area (Å²) in [6.45, 7) is 5.53. The van der Waals surface area contributed by atoms with Gasteiger partial charge in [-0.15, -0.1) is 0 Å². The van der Waals surface area contributed by atoms with E-state index in [9.17, 15) is 0 Å². The van der Waals surface area contributed by atoms with Gasteiger partial charge in [-0.05, 0) is 65.0 Å². The molecule has 2 aromatic rings. The minimum atomic E-state index is 0.0886. The summed E-state index contributed by atoms with van der Waals surface area (Å²) in [6.07, 6.45) is 7.29. The predicted molar refractivity (Wildman–Crippen MR) is 125 cm³/mol. The van der Waals surface area contributed by atoms with E-state index in [1.807, 2.05) is 0 Å². The van der Waals surface area contributed by atoms with E-state index in [1.165, 1.54) is 54.8 Å². The zero-order valence-corrected chi connectivity index (χ0v) is 19.5. The van der Waals surface area contributed by atoms with Crippen molar-refractivity contribution >= 4 is 39.3 Å². The Kier molecular flexibility index (Phi) is 7.72. The lowest BCUT2D eigenvalue weighted by atomic mass is 9.87. The maximum Gasteiger partial charge on any atom is 0.134 e. The van der Waals surface area contributed by atoms with Crippen LogP contribution in [0.4, 0.5) is 11.4 Å². The van der Waals surface area contributed by atoms with Crippen molar-refractivity contribution in [2.45, 2.75) is 62.8 Å². The Hall–Kier alpha value is -1.17. The molecule has 0 aromatic heterocycles. The number of halogens is 1. The fourth-order valence-corrected chi connectivity index (χ4v) is 5.34. The fraction of sp³-hybridized carbons (Fsp3) is 0.478. The summed E-state index contributed by atoms with van der Waals surface area (Å²) in [4.78, 5) is 3.69. The van der Waals surface area contributed by atoms with Gasteiger partial charge >= 0.3 is 0 Å². The number of rotatable bonds is 8. The van der Waals surface area contributed by atoms with Gasteiger partial charge in [-0.25, -0.2) is 0 Å². The number of anilines is 2. The van der Waals surface area contributed by atoms with Gasteiger partial charge in [0.15, 0.2) is 0 Å². The van der Waals surface area contributed by atoms with Gasteiger partial charge in [0.1, 0.15) is 5.75 Å². The third kappa shape index (κ3) is 4.87. The van der Waals surface area contributed by atoms with Gasteiger partial charge in [-0.1, -0.05) is 57.7 Å². The molecule has 28 heavy (non-hydrogen) atoms. The van der Waals surface area contributed by atoms with Crippen molar-refractivity contribution in [1.29, 1.82) is 0 Å². The first-order valence-corrected chi connectivity index (χ1v) is 11.9. The number of nitrogens with one attached hydrogen (secondary N) is 1. The summed E-state index contributed by atoms with van der Waals surface area (Å²) < 4.78 is 10.5. The van der Waals surface area contributed by atoms with Gasteiger partial charge in [0.05, 0.1) is 22.2 Å². The van der Waals surface area contributed by atoms with E-state index in [1.54, 1.807) is 19.1 Å². The normalized spacial score (nSPS) is 15.8. The van der Waals surface area contributed by atoms with Crippen molar-refractivity contribution in [2.24, 2.45) is 0 Å². The molecule has 1 heterocycles. The molecule has 1 aliphatic rings. The largest absolute Gasteiger partial charge is 0.496 e. The summed E-state index contributed by atoms with van der Waals surface area (Å²) >= 11 is 5.45. The smallest absolute Gasteiger partial charge is 0.134 e. The van der Waals surface area contributed by atoms with Crippen LogP contribution in [0.5, 0.6) is 5.75 Å². The van der Waals surface area contributed by atoms with Crippen LogP contribution in [0, 0.1) is 0 Å². The predicted octanol–water partition coefficient (Wildman–Crippen LogP) is 7.33. The number of fused-ring (bicyclic) bond motifs is 1. The molecule has 1 aliphatic heterocycles. The molecule has 0 radical (unpaired) electrons. The van der Waals surface area contributed by atoms with Gasteiger partial charge < -0.3 is 9.64 Å². The molecule has 2 aromatic carbocycles. The van der Waals surface area contributed by atoms with Crippen molar-refractivity contribution < 1.29 is 4.74 Å². The second kappa shape index (κ2) is 10.0. The first-order valence-electron chi connectivity index (χ1n) is 10.3. The quantitative estimate of drug-likeness (QED) is 0.415. The van der Waals surface area contributed by atoms with Crippen LogP contribution >= 0.6 is 27.9 Å². The molecular weight excluding hydrogens is 432 g/mol. The van der Waals surface area contributed by atoms with E-state index in [0.717, 1.165) is 16.8 Å². The van der Waals surface area contributed by atoms with Crippen molar-refractivity contribution in [2.75, 3.05) is 18.6 Å². The highest BCUT2D eigenvalue weighted by Gasteiger charge is 2.36. The lowest BCUT2D eigenvalue weighted by Gasteiger charge is -2.38. The van der Waals surface area contributed by atoms with Crippen LogP contribution in [-0.2, 0) is 0 Å². The molecule has 3 nitrogen and oxygen atoms in total. The van der Waals surface area contributed by atoms with Crippen molar-refractivity contribution in [3.8, 4) is 5.75 Å². The molecule has 0 saturated carbocycles. The SMILES string of the molecule is CCCCC1(CCCC)CN(c2ccccc2)c2cc(Br)c(OC)cc2SN1. The zero-order chi connectivity index (χ0) is 20.0. The minimum absolute atomic E-state index is 0.0886. The number of nitrogens with zero attached hydrogens (tertiary/aromatic N) is 1. The molecule has 0 aliphatic carbocycles. The van der Waals surface area contributed by atoms with Crippen LogP contribution < -0.4 is 14.4 Å². The number of hydrogen-bond acceptors (Lipinski definition) is 4. The molecule has 3 rings (SSSR count). The molecular formula is C23H31BrN2OS. The second-order valence-electron chi connectivity index (χ2n) is 7.57. The van der Waals surface area contributed by atoms with E-state index in [-0.39, 0.29) is 5.54 Å². The van der Waals surface area contributed by atoms with Crippen LogP contribution in [0.1, 0.15) is 52.4 Å². The van der Waals surface area contributed by atoms with E-state index in [4.69, 9.17) is 4.74 Å². The van der Waals surface area contributed by atoms with Crippen LogP contribution in [0.2, 0.25) is 0 Å². The summed E-state index contributed by atoms with van der Waals surface area (Å²) in [6, 6.07) is 15.1. The number of benzene rings is 2. The summed E-state index contributed by atoms with van der Waals surface area (Å²) in [5.41, 5.74) is 2.55. The molecule has 0 unspecified atom stereocenters. The molecule has 0 fully saturated rings. The molecule has 0 spiro atoms. The number of ether oxygens (including phenoxy) is 1. The highest BCUT2D eigenvalue weighted by molar-refractivity contribution is 9.10. The average Bonchev–Trinajstić information content (AvgIpc) is 2.88. The van der Waals surface area contributed by atoms with Crippen LogP contribution in [0.3, 0.4) is 0 Å². The summed E-state index contributed by atoms with van der Waals surface area (Å²) in [7, 11) is 1.73. The Morgan fingerprint density at radius 3 is 2.39 bits per heavy atom. The molecule has 0 saturated heterocycles. The monoisotopic (exact) mass is 462 g/mol. The molecule has 5 heteroatoms. The Bertz CT molecular complexity index is 761. The Morgan fingerprint density at radius 2 is 1.79 bits per heavy atom. The van der Waals surface area contributed by atoms with E-state index in [0.29, 0.717) is 0 Å². The number of unbranched alkanes of at least 4 members (excludes halogenated alkanes) is 2. The summed E-state index contributed by atoms with van der Waals surface area (Å²) in [5, 5.41) is 0. The van der Waals surface area contributed by atoms with Gasteiger partial charge in [0.25, 0.3) is 0 Å². The van der Waals surface area contributed by atoms with Crippen molar-refractivity contribution in [3.05, 3.63) is 46.9 Å². The van der Waals surface area contributed by atoms with Gasteiger partial charge in [-0.2, -0.15) is 0 Å². The van der Waals surface area contributed by atoms with E-state index in [2.05, 4.69) is 81.9 Å². The zero-order valence-electron chi connectivity index (χ0n) is 17.1. The average molecular weight is 463 g/mol. The molecule has 0 amide bonds. The topological polar surface area (TPSA) is 24.5 Å². The molecule has 0 atom stereocenters. The highest BCUT2D eigenvalue weighted by atomic mass is 79.9. The maximum atomic E-state index is 5.57. The fourth-order valence-electron chi connectivity index (χ4n) is 3.81. The van der Waals surface area contributed by atoms with Crippen LogP contribution in [-0.4, -0.2) is 19.2 Å². The number of methoxy groups -OCH3 is 1. The van der Waals surface area contributed by atoms with Gasteiger partial charge in [-0.3, -0.25) is 4.72 Å². The Balaban J connectivity index is 2.07. The van der Waals surface area contributed by atoms with Gasteiger partial charge in [0, 0.05) is 17.8 Å². The Morgan fingerprint density at radius 1 is 1.11 bits per heavy atom. The van der Waals surface area contributed by atoms with Gasteiger partial charge in [0.2, 0.25) is 0 Å². The lowest BCUT2D eigenvalue weighted by Crippen LogP contribution is -2.49. The third-order valence-electron chi connectivity index (χ3n) is 5.45. The molecule has 0 bridgehead atoms. The highest BCUT2D eigenvalue weighted by Crippen LogP contribution is 2.45. The van der Waals surface area contributed by atoms with E-state index < -0.39 is 0 Å². The third-order valence-corrected chi connectivity index (χ3v) is 7.15. The Labute approximate surface area is 182 Å². The summed E-state index contributed by atoms with van der Waals surface area (Å²) in [5.74, 6) is 0.871. The minimum Gasteiger partial charge on any atom is -0.496 e. The van der Waals surface area contributed by atoms with Crippen LogP contribution in [0.15, 0.2) is 51.8 Å². The lowest BCUT2D eigenvalue weighted by molar-refractivity contribution is 0.329. The standard InChI is InChI=1S/C23H31BrN2OS/c1-4-6-13-23(14-7-5-2)17-26(18-11-9-8-10-12-18)20-15-19(24)21(27-3)16-22(20)28-25-23/h8-12,15-16,25H,4-7,13-14,17H2,1-3H3.